The Kier molecular flexibility index (Phi) is 5.54. The molecule has 1 fully saturated rings. The number of sulfonamides is 1. The third-order valence-electron chi connectivity index (χ3n) is 4.85. The van der Waals surface area contributed by atoms with Crippen molar-refractivity contribution in [2.45, 2.75) is 17.7 Å². The Morgan fingerprint density at radius 3 is 2.40 bits per heavy atom. The molecule has 0 unspecified atom stereocenters. The van der Waals surface area contributed by atoms with Gasteiger partial charge in [-0.05, 0) is 55.3 Å². The van der Waals surface area contributed by atoms with E-state index in [2.05, 4.69) is 15.0 Å². The molecule has 1 aromatic heterocycles. The third-order valence-corrected chi connectivity index (χ3v) is 7.68. The molecule has 0 radical (unpaired) electrons. The maximum absolute atomic E-state index is 12.8. The highest BCUT2D eigenvalue weighted by molar-refractivity contribution is 7.89. The number of esters is 1. The molecule has 2 aromatic carbocycles. The summed E-state index contributed by atoms with van der Waals surface area (Å²) >= 11 is 1.20. The smallest absolute Gasteiger partial charge is 0.337 e. The second kappa shape index (κ2) is 8.13. The van der Waals surface area contributed by atoms with Gasteiger partial charge < -0.3 is 4.74 Å². The molecule has 8 nitrogen and oxygen atoms in total. The van der Waals surface area contributed by atoms with Gasteiger partial charge in [-0.25, -0.2) is 18.2 Å². The molecule has 2 heterocycles. The lowest BCUT2D eigenvalue weighted by molar-refractivity contribution is 0.0600. The Labute approximate surface area is 177 Å². The van der Waals surface area contributed by atoms with Crippen molar-refractivity contribution in [2.75, 3.05) is 25.5 Å². The van der Waals surface area contributed by atoms with Crippen molar-refractivity contribution in [1.29, 1.82) is 0 Å². The third kappa shape index (κ3) is 3.93. The SMILES string of the molecule is COC(=O)c1ccc(C(=O)Nc2nc3ccc(S(=O)(=O)N4CCCC4)cc3s2)cc1. The first-order valence-corrected chi connectivity index (χ1v) is 11.5. The maximum atomic E-state index is 12.8. The molecule has 30 heavy (non-hydrogen) atoms. The van der Waals surface area contributed by atoms with Gasteiger partial charge in [0.25, 0.3) is 5.91 Å². The van der Waals surface area contributed by atoms with Gasteiger partial charge in [0.15, 0.2) is 5.13 Å². The van der Waals surface area contributed by atoms with E-state index in [0.717, 1.165) is 12.8 Å². The van der Waals surface area contributed by atoms with E-state index in [1.807, 2.05) is 0 Å². The Bertz CT molecular complexity index is 1210. The number of thiazole rings is 1. The van der Waals surface area contributed by atoms with Crippen LogP contribution in [0.15, 0.2) is 47.4 Å². The summed E-state index contributed by atoms with van der Waals surface area (Å²) in [6.45, 7) is 1.08. The van der Waals surface area contributed by atoms with Crippen molar-refractivity contribution in [3.63, 3.8) is 0 Å². The maximum Gasteiger partial charge on any atom is 0.337 e. The van der Waals surface area contributed by atoms with Crippen molar-refractivity contribution in [3.8, 4) is 0 Å². The molecule has 0 bridgehead atoms. The zero-order valence-electron chi connectivity index (χ0n) is 16.1. The van der Waals surface area contributed by atoms with Gasteiger partial charge in [-0.3, -0.25) is 10.1 Å². The molecule has 156 valence electrons. The summed E-state index contributed by atoms with van der Waals surface area (Å²) in [4.78, 5) is 28.6. The number of methoxy groups -OCH3 is 1. The monoisotopic (exact) mass is 445 g/mol. The number of hydrogen-bond acceptors (Lipinski definition) is 7. The van der Waals surface area contributed by atoms with E-state index in [-0.39, 0.29) is 10.8 Å². The van der Waals surface area contributed by atoms with Crippen LogP contribution in [-0.2, 0) is 14.8 Å². The van der Waals surface area contributed by atoms with Crippen molar-refractivity contribution in [3.05, 3.63) is 53.6 Å². The molecule has 1 N–H and O–H groups in total. The number of benzene rings is 2. The highest BCUT2D eigenvalue weighted by Gasteiger charge is 2.27. The average Bonchev–Trinajstić information content (AvgIpc) is 3.42. The van der Waals surface area contributed by atoms with E-state index >= 15 is 0 Å². The molecule has 1 saturated heterocycles. The van der Waals surface area contributed by atoms with Gasteiger partial charge >= 0.3 is 5.97 Å². The van der Waals surface area contributed by atoms with Gasteiger partial charge in [0.1, 0.15) is 0 Å². The number of carbonyl (C=O) groups is 2. The van der Waals surface area contributed by atoms with Gasteiger partial charge in [-0.15, -0.1) is 0 Å². The summed E-state index contributed by atoms with van der Waals surface area (Å²) in [5.41, 5.74) is 1.32. The van der Waals surface area contributed by atoms with Crippen molar-refractivity contribution in [2.24, 2.45) is 0 Å². The molecule has 0 atom stereocenters. The number of amides is 1. The van der Waals surface area contributed by atoms with E-state index in [1.165, 1.54) is 47.0 Å². The standard InChI is InChI=1S/C20H19N3O5S2/c1-28-19(25)14-6-4-13(5-7-14)18(24)22-20-21-16-9-8-15(12-17(16)29-20)30(26,27)23-10-2-3-11-23/h4-9,12H,2-3,10-11H2,1H3,(H,21,22,24). The molecule has 4 rings (SSSR count). The summed E-state index contributed by atoms with van der Waals surface area (Å²) in [5.74, 6) is -0.858. The largest absolute Gasteiger partial charge is 0.465 e. The number of anilines is 1. The predicted molar refractivity (Wildman–Crippen MR) is 113 cm³/mol. The fourth-order valence-corrected chi connectivity index (χ4v) is 5.76. The lowest BCUT2D eigenvalue weighted by Crippen LogP contribution is -2.27. The van der Waals surface area contributed by atoms with Crippen LogP contribution in [0.25, 0.3) is 10.2 Å². The van der Waals surface area contributed by atoms with E-state index in [4.69, 9.17) is 0 Å². The number of ether oxygens (including phenoxy) is 1. The lowest BCUT2D eigenvalue weighted by Gasteiger charge is -2.15. The highest BCUT2D eigenvalue weighted by Crippen LogP contribution is 2.30. The van der Waals surface area contributed by atoms with Crippen LogP contribution < -0.4 is 5.32 Å². The Balaban J connectivity index is 1.54. The minimum atomic E-state index is -3.51. The average molecular weight is 446 g/mol. The Hall–Kier alpha value is -2.82. The van der Waals surface area contributed by atoms with Crippen LogP contribution in [-0.4, -0.2) is 49.8 Å². The summed E-state index contributed by atoms with van der Waals surface area (Å²) in [5, 5.41) is 3.08. The fourth-order valence-electron chi connectivity index (χ4n) is 3.24. The molecule has 1 amide bonds. The van der Waals surface area contributed by atoms with E-state index in [0.29, 0.717) is 39.6 Å². The summed E-state index contributed by atoms with van der Waals surface area (Å²) in [7, 11) is -2.22. The molecule has 0 saturated carbocycles. The van der Waals surface area contributed by atoms with Crippen LogP contribution in [0.1, 0.15) is 33.6 Å². The predicted octanol–water partition coefficient (Wildman–Crippen LogP) is 3.12. The normalized spacial score (nSPS) is 14.7. The molecular formula is C20H19N3O5S2. The number of hydrogen-bond donors (Lipinski definition) is 1. The number of aromatic nitrogens is 1. The Morgan fingerprint density at radius 2 is 1.73 bits per heavy atom. The van der Waals surface area contributed by atoms with E-state index in [1.54, 1.807) is 18.2 Å². The van der Waals surface area contributed by atoms with Crippen LogP contribution in [0.3, 0.4) is 0 Å². The zero-order chi connectivity index (χ0) is 21.3. The van der Waals surface area contributed by atoms with Crippen molar-refractivity contribution >= 4 is 48.6 Å². The van der Waals surface area contributed by atoms with Crippen LogP contribution >= 0.6 is 11.3 Å². The quantitative estimate of drug-likeness (QED) is 0.605. The van der Waals surface area contributed by atoms with Gasteiger partial charge in [0, 0.05) is 18.7 Å². The molecule has 0 aliphatic carbocycles. The van der Waals surface area contributed by atoms with Crippen molar-refractivity contribution in [1.82, 2.24) is 9.29 Å². The van der Waals surface area contributed by atoms with Gasteiger partial charge in [0.05, 0.1) is 27.8 Å². The summed E-state index contributed by atoms with van der Waals surface area (Å²) < 4.78 is 32.3. The molecule has 1 aliphatic heterocycles. The number of nitrogens with one attached hydrogen (secondary N) is 1. The molecule has 10 heteroatoms. The molecule has 0 spiro atoms. The first kappa shape index (κ1) is 20.5. The van der Waals surface area contributed by atoms with E-state index in [9.17, 15) is 18.0 Å². The van der Waals surface area contributed by atoms with Gasteiger partial charge in [0.2, 0.25) is 10.0 Å². The van der Waals surface area contributed by atoms with Crippen molar-refractivity contribution < 1.29 is 22.7 Å². The van der Waals surface area contributed by atoms with Crippen LogP contribution in [0.5, 0.6) is 0 Å². The minimum absolute atomic E-state index is 0.233. The Morgan fingerprint density at radius 1 is 1.07 bits per heavy atom. The number of carbonyl (C=O) groups excluding carboxylic acids is 2. The topological polar surface area (TPSA) is 106 Å². The summed E-state index contributed by atoms with van der Waals surface area (Å²) in [6.07, 6.45) is 1.75. The first-order chi connectivity index (χ1) is 14.4. The van der Waals surface area contributed by atoms with Gasteiger partial charge in [-0.1, -0.05) is 11.3 Å². The molecular weight excluding hydrogens is 426 g/mol. The lowest BCUT2D eigenvalue weighted by atomic mass is 10.1. The number of fused-ring (bicyclic) bond motifs is 1. The second-order valence-electron chi connectivity index (χ2n) is 6.78. The zero-order valence-corrected chi connectivity index (χ0v) is 17.8. The minimum Gasteiger partial charge on any atom is -0.465 e. The van der Waals surface area contributed by atoms with Gasteiger partial charge in [-0.2, -0.15) is 4.31 Å². The fraction of sp³-hybridized carbons (Fsp3) is 0.250. The van der Waals surface area contributed by atoms with Crippen LogP contribution in [0, 0.1) is 0 Å². The number of rotatable bonds is 5. The highest BCUT2D eigenvalue weighted by atomic mass is 32.2. The van der Waals surface area contributed by atoms with Crippen LogP contribution in [0.2, 0.25) is 0 Å². The summed E-state index contributed by atoms with van der Waals surface area (Å²) in [6, 6.07) is 10.9. The van der Waals surface area contributed by atoms with Crippen LogP contribution in [0.4, 0.5) is 5.13 Å². The molecule has 1 aliphatic rings. The number of nitrogens with zero attached hydrogens (tertiary/aromatic N) is 2. The second-order valence-corrected chi connectivity index (χ2v) is 9.75. The molecule has 3 aromatic rings. The first-order valence-electron chi connectivity index (χ1n) is 9.29. The van der Waals surface area contributed by atoms with E-state index < -0.39 is 16.0 Å².